The van der Waals surface area contributed by atoms with E-state index in [0.29, 0.717) is 16.8 Å². The third-order valence-electron chi connectivity index (χ3n) is 3.17. The summed E-state index contributed by atoms with van der Waals surface area (Å²) in [6.07, 6.45) is -0.950. The van der Waals surface area contributed by atoms with Crippen LogP contribution in [0.5, 0.6) is 0 Å². The first-order valence-corrected chi connectivity index (χ1v) is 7.08. The molecule has 2 aromatic rings. The zero-order valence-electron chi connectivity index (χ0n) is 12.9. The van der Waals surface area contributed by atoms with Gasteiger partial charge in [-0.2, -0.15) is 5.26 Å². The van der Waals surface area contributed by atoms with E-state index in [9.17, 15) is 9.59 Å². The molecule has 5 nitrogen and oxygen atoms in total. The Morgan fingerprint density at radius 3 is 2.61 bits per heavy atom. The van der Waals surface area contributed by atoms with Gasteiger partial charge < -0.3 is 10.1 Å². The predicted molar refractivity (Wildman–Crippen MR) is 85.8 cm³/mol. The number of carbonyl (C=O) groups is 2. The number of nitrogens with zero attached hydrogens (tertiary/aromatic N) is 1. The van der Waals surface area contributed by atoms with Crippen LogP contribution in [0.3, 0.4) is 0 Å². The first-order chi connectivity index (χ1) is 11.0. The van der Waals surface area contributed by atoms with Crippen molar-refractivity contribution in [2.45, 2.75) is 20.0 Å². The Morgan fingerprint density at radius 1 is 1.17 bits per heavy atom. The number of benzene rings is 2. The molecule has 0 spiro atoms. The molecule has 5 heteroatoms. The monoisotopic (exact) mass is 308 g/mol. The zero-order chi connectivity index (χ0) is 16.8. The van der Waals surface area contributed by atoms with Crippen LogP contribution in [-0.4, -0.2) is 18.0 Å². The standard InChI is InChI=1S/C18H16N2O3/c1-12-5-3-7-15(9-12)18(22)23-13(2)17(21)20-16-8-4-6-14(10-16)11-19/h3-10,13H,1-2H3,(H,20,21)/t13-/m0/s1. The molecule has 0 saturated carbocycles. The number of hydrogen-bond donors (Lipinski definition) is 1. The van der Waals surface area contributed by atoms with Gasteiger partial charge in [-0.25, -0.2) is 4.79 Å². The number of aryl methyl sites for hydroxylation is 1. The van der Waals surface area contributed by atoms with Crippen LogP contribution in [0.2, 0.25) is 0 Å². The summed E-state index contributed by atoms with van der Waals surface area (Å²) in [6.45, 7) is 3.37. The molecule has 2 aromatic carbocycles. The second kappa shape index (κ2) is 7.23. The van der Waals surface area contributed by atoms with Gasteiger partial charge in [-0.15, -0.1) is 0 Å². The maximum atomic E-state index is 12.1. The molecule has 1 N–H and O–H groups in total. The van der Waals surface area contributed by atoms with E-state index in [1.807, 2.05) is 19.1 Å². The van der Waals surface area contributed by atoms with Crippen molar-refractivity contribution >= 4 is 17.6 Å². The van der Waals surface area contributed by atoms with Crippen molar-refractivity contribution in [1.82, 2.24) is 0 Å². The molecule has 116 valence electrons. The lowest BCUT2D eigenvalue weighted by Gasteiger charge is -2.14. The van der Waals surface area contributed by atoms with Crippen molar-refractivity contribution in [3.8, 4) is 6.07 Å². The number of nitrogens with one attached hydrogen (secondary N) is 1. The maximum absolute atomic E-state index is 12.1. The Morgan fingerprint density at radius 2 is 1.91 bits per heavy atom. The zero-order valence-corrected chi connectivity index (χ0v) is 12.9. The predicted octanol–water partition coefficient (Wildman–Crippen LogP) is 3.05. The number of ether oxygens (including phenoxy) is 1. The Hall–Kier alpha value is -3.13. The lowest BCUT2D eigenvalue weighted by atomic mass is 10.1. The van der Waals surface area contributed by atoms with Crippen LogP contribution in [0.1, 0.15) is 28.4 Å². The van der Waals surface area contributed by atoms with Gasteiger partial charge in [0.25, 0.3) is 5.91 Å². The van der Waals surface area contributed by atoms with E-state index >= 15 is 0 Å². The van der Waals surface area contributed by atoms with Gasteiger partial charge in [0.2, 0.25) is 0 Å². The number of carbonyl (C=O) groups excluding carboxylic acids is 2. The normalized spacial score (nSPS) is 11.2. The molecule has 23 heavy (non-hydrogen) atoms. The van der Waals surface area contributed by atoms with Crippen molar-refractivity contribution in [3.05, 3.63) is 65.2 Å². The molecule has 1 atom stereocenters. The molecule has 2 rings (SSSR count). The SMILES string of the molecule is Cc1cccc(C(=O)O[C@@H](C)C(=O)Nc2cccc(C#N)c2)c1. The van der Waals surface area contributed by atoms with Crippen LogP contribution >= 0.6 is 0 Å². The van der Waals surface area contributed by atoms with Gasteiger partial charge in [-0.3, -0.25) is 4.79 Å². The fraction of sp³-hybridized carbons (Fsp3) is 0.167. The Bertz CT molecular complexity index is 778. The number of esters is 1. The van der Waals surface area contributed by atoms with Crippen LogP contribution in [0.4, 0.5) is 5.69 Å². The maximum Gasteiger partial charge on any atom is 0.338 e. The molecule has 0 saturated heterocycles. The summed E-state index contributed by atoms with van der Waals surface area (Å²) in [5.74, 6) is -1.01. The van der Waals surface area contributed by atoms with Crippen LogP contribution in [-0.2, 0) is 9.53 Å². The average Bonchev–Trinajstić information content (AvgIpc) is 2.54. The van der Waals surface area contributed by atoms with Crippen LogP contribution in [0.25, 0.3) is 0 Å². The minimum absolute atomic E-state index is 0.399. The second-order valence-electron chi connectivity index (χ2n) is 5.10. The van der Waals surface area contributed by atoms with E-state index in [1.54, 1.807) is 42.5 Å². The van der Waals surface area contributed by atoms with Crippen molar-refractivity contribution in [2.24, 2.45) is 0 Å². The van der Waals surface area contributed by atoms with Gasteiger partial charge >= 0.3 is 5.97 Å². The molecule has 0 fully saturated rings. The molecule has 0 unspecified atom stereocenters. The first kappa shape index (κ1) is 16.2. The van der Waals surface area contributed by atoms with E-state index in [4.69, 9.17) is 10.00 Å². The van der Waals surface area contributed by atoms with Crippen LogP contribution in [0, 0.1) is 18.3 Å². The minimum Gasteiger partial charge on any atom is -0.449 e. The molecular weight excluding hydrogens is 292 g/mol. The Balaban J connectivity index is 1.99. The molecule has 0 heterocycles. The molecule has 0 aromatic heterocycles. The number of hydrogen-bond acceptors (Lipinski definition) is 4. The highest BCUT2D eigenvalue weighted by Gasteiger charge is 2.19. The van der Waals surface area contributed by atoms with Crippen LogP contribution in [0.15, 0.2) is 48.5 Å². The van der Waals surface area contributed by atoms with E-state index in [1.165, 1.54) is 6.92 Å². The largest absolute Gasteiger partial charge is 0.449 e. The van der Waals surface area contributed by atoms with Crippen molar-refractivity contribution in [2.75, 3.05) is 5.32 Å². The molecule has 0 bridgehead atoms. The fourth-order valence-electron chi connectivity index (χ4n) is 1.96. The second-order valence-corrected chi connectivity index (χ2v) is 5.10. The first-order valence-electron chi connectivity index (χ1n) is 7.08. The topological polar surface area (TPSA) is 79.2 Å². The molecule has 0 radical (unpaired) electrons. The van der Waals surface area contributed by atoms with Gasteiger partial charge in [0, 0.05) is 5.69 Å². The Labute approximate surface area is 134 Å². The number of amides is 1. The molecule has 0 aliphatic rings. The van der Waals surface area contributed by atoms with Gasteiger partial charge in [-0.05, 0) is 44.2 Å². The summed E-state index contributed by atoms with van der Waals surface area (Å²) in [5, 5.41) is 11.5. The summed E-state index contributed by atoms with van der Waals surface area (Å²) in [5.41, 5.74) is 2.25. The molecule has 0 aliphatic heterocycles. The van der Waals surface area contributed by atoms with Crippen molar-refractivity contribution in [3.63, 3.8) is 0 Å². The van der Waals surface area contributed by atoms with Gasteiger partial charge in [0.1, 0.15) is 0 Å². The minimum atomic E-state index is -0.950. The third-order valence-corrected chi connectivity index (χ3v) is 3.17. The highest BCUT2D eigenvalue weighted by atomic mass is 16.5. The summed E-state index contributed by atoms with van der Waals surface area (Å²) >= 11 is 0. The lowest BCUT2D eigenvalue weighted by molar-refractivity contribution is -0.123. The summed E-state index contributed by atoms with van der Waals surface area (Å²) in [7, 11) is 0. The highest BCUT2D eigenvalue weighted by molar-refractivity contribution is 5.97. The van der Waals surface area contributed by atoms with E-state index in [0.717, 1.165) is 5.56 Å². The van der Waals surface area contributed by atoms with Gasteiger partial charge in [-0.1, -0.05) is 23.8 Å². The Kier molecular flexibility index (Phi) is 5.11. The quantitative estimate of drug-likeness (QED) is 0.880. The molecule has 1 amide bonds. The van der Waals surface area contributed by atoms with E-state index < -0.39 is 18.0 Å². The highest BCUT2D eigenvalue weighted by Crippen LogP contribution is 2.12. The van der Waals surface area contributed by atoms with Crippen molar-refractivity contribution < 1.29 is 14.3 Å². The molecular formula is C18H16N2O3. The van der Waals surface area contributed by atoms with Crippen LogP contribution < -0.4 is 5.32 Å². The van der Waals surface area contributed by atoms with E-state index in [2.05, 4.69) is 5.32 Å². The average molecular weight is 308 g/mol. The number of anilines is 1. The van der Waals surface area contributed by atoms with Gasteiger partial charge in [0.15, 0.2) is 6.10 Å². The summed E-state index contributed by atoms with van der Waals surface area (Å²) < 4.78 is 5.17. The summed E-state index contributed by atoms with van der Waals surface area (Å²) in [4.78, 5) is 24.1. The lowest BCUT2D eigenvalue weighted by Crippen LogP contribution is -2.30. The number of rotatable bonds is 4. The fourth-order valence-corrected chi connectivity index (χ4v) is 1.96. The van der Waals surface area contributed by atoms with Gasteiger partial charge in [0.05, 0.1) is 17.2 Å². The van der Waals surface area contributed by atoms with Crippen molar-refractivity contribution in [1.29, 1.82) is 5.26 Å². The molecule has 0 aliphatic carbocycles. The summed E-state index contributed by atoms with van der Waals surface area (Å²) in [6, 6.07) is 15.5. The smallest absolute Gasteiger partial charge is 0.338 e. The van der Waals surface area contributed by atoms with E-state index in [-0.39, 0.29) is 0 Å². The number of nitriles is 1. The third kappa shape index (κ3) is 4.42.